The topological polar surface area (TPSA) is 67.3 Å². The number of hydrogen-bond acceptors (Lipinski definition) is 6. The molecule has 1 fully saturated rings. The molecule has 0 radical (unpaired) electrons. The normalized spacial score (nSPS) is 19.6. The maximum atomic E-state index is 11.3. The summed E-state index contributed by atoms with van der Waals surface area (Å²) in [7, 11) is 1.35. The Morgan fingerprint density at radius 3 is 2.74 bits per heavy atom. The van der Waals surface area contributed by atoms with E-state index in [2.05, 4.69) is 38.8 Å². The molecule has 1 aromatic heterocycles. The van der Waals surface area contributed by atoms with Crippen LogP contribution < -0.4 is 10.2 Å². The van der Waals surface area contributed by atoms with Crippen LogP contribution in [0.1, 0.15) is 24.2 Å². The average molecular weight is 264 g/mol. The number of carbonyl (C=O) groups is 1. The molecular weight excluding hydrogens is 244 g/mol. The lowest BCUT2D eigenvalue weighted by atomic mass is 10.0. The third-order valence-electron chi connectivity index (χ3n) is 3.35. The molecule has 0 unspecified atom stereocenters. The van der Waals surface area contributed by atoms with Gasteiger partial charge < -0.3 is 15.0 Å². The van der Waals surface area contributed by atoms with E-state index in [4.69, 9.17) is 0 Å². The maximum Gasteiger partial charge on any atom is 0.341 e. The van der Waals surface area contributed by atoms with Gasteiger partial charge in [0, 0.05) is 38.1 Å². The van der Waals surface area contributed by atoms with Crippen molar-refractivity contribution in [1.82, 2.24) is 15.3 Å². The second-order valence-electron chi connectivity index (χ2n) is 5.01. The first kappa shape index (κ1) is 13.7. The van der Waals surface area contributed by atoms with Gasteiger partial charge in [-0.25, -0.2) is 14.8 Å². The smallest absolute Gasteiger partial charge is 0.341 e. The quantitative estimate of drug-likeness (QED) is 0.811. The first-order valence-corrected chi connectivity index (χ1v) is 6.50. The second-order valence-corrected chi connectivity index (χ2v) is 5.01. The van der Waals surface area contributed by atoms with Crippen LogP contribution >= 0.6 is 0 Å². The lowest BCUT2D eigenvalue weighted by Crippen LogP contribution is -2.53. The zero-order valence-electron chi connectivity index (χ0n) is 11.6. The molecule has 1 atom stereocenters. The number of ether oxygens (including phenoxy) is 1. The molecule has 1 aliphatic heterocycles. The maximum absolute atomic E-state index is 11.3. The molecule has 0 aromatic carbocycles. The van der Waals surface area contributed by atoms with Crippen LogP contribution in [0.5, 0.6) is 0 Å². The van der Waals surface area contributed by atoms with Gasteiger partial charge >= 0.3 is 5.97 Å². The largest absolute Gasteiger partial charge is 0.465 e. The van der Waals surface area contributed by atoms with E-state index in [1.54, 1.807) is 0 Å². The summed E-state index contributed by atoms with van der Waals surface area (Å²) in [5.41, 5.74) is 0.377. The minimum absolute atomic E-state index is 0.377. The molecule has 1 aliphatic rings. The van der Waals surface area contributed by atoms with Crippen molar-refractivity contribution in [2.24, 2.45) is 5.92 Å². The first-order valence-electron chi connectivity index (χ1n) is 6.50. The molecule has 0 saturated carbocycles. The number of esters is 1. The molecule has 19 heavy (non-hydrogen) atoms. The number of rotatable bonds is 3. The van der Waals surface area contributed by atoms with Crippen LogP contribution in [0, 0.1) is 5.92 Å². The minimum atomic E-state index is -0.410. The Kier molecular flexibility index (Phi) is 4.31. The molecule has 104 valence electrons. The predicted octanol–water partition coefficient (Wildman–Crippen LogP) is 0.697. The van der Waals surface area contributed by atoms with Crippen LogP contribution in [0.2, 0.25) is 0 Å². The van der Waals surface area contributed by atoms with Gasteiger partial charge in [-0.3, -0.25) is 0 Å². The van der Waals surface area contributed by atoms with E-state index in [1.807, 2.05) is 0 Å². The van der Waals surface area contributed by atoms with Gasteiger partial charge in [-0.2, -0.15) is 0 Å². The van der Waals surface area contributed by atoms with Gasteiger partial charge in [-0.15, -0.1) is 0 Å². The van der Waals surface area contributed by atoms with Gasteiger partial charge in [-0.1, -0.05) is 13.8 Å². The summed E-state index contributed by atoms with van der Waals surface area (Å²) in [6, 6.07) is 0.442. The fourth-order valence-corrected chi connectivity index (χ4v) is 2.11. The number of hydrogen-bond donors (Lipinski definition) is 1. The van der Waals surface area contributed by atoms with Crippen molar-refractivity contribution in [3.63, 3.8) is 0 Å². The molecule has 1 saturated heterocycles. The summed E-state index contributed by atoms with van der Waals surface area (Å²) in [5, 5.41) is 3.49. The Morgan fingerprint density at radius 2 is 2.16 bits per heavy atom. The van der Waals surface area contributed by atoms with Crippen LogP contribution in [0.4, 0.5) is 5.95 Å². The average Bonchev–Trinajstić information content (AvgIpc) is 2.46. The summed E-state index contributed by atoms with van der Waals surface area (Å²) < 4.78 is 4.63. The number of anilines is 1. The molecule has 0 amide bonds. The van der Waals surface area contributed by atoms with Gasteiger partial charge in [0.1, 0.15) is 0 Å². The molecule has 2 rings (SSSR count). The second kappa shape index (κ2) is 5.97. The van der Waals surface area contributed by atoms with Crippen molar-refractivity contribution in [3.05, 3.63) is 18.0 Å². The highest BCUT2D eigenvalue weighted by Gasteiger charge is 2.23. The van der Waals surface area contributed by atoms with Crippen LogP contribution in [-0.4, -0.2) is 48.7 Å². The summed E-state index contributed by atoms with van der Waals surface area (Å²) >= 11 is 0. The first-order chi connectivity index (χ1) is 9.11. The van der Waals surface area contributed by atoms with Crippen molar-refractivity contribution in [3.8, 4) is 0 Å². The molecule has 0 aliphatic carbocycles. The Morgan fingerprint density at radius 1 is 1.47 bits per heavy atom. The van der Waals surface area contributed by atoms with Crippen molar-refractivity contribution in [2.75, 3.05) is 31.6 Å². The predicted molar refractivity (Wildman–Crippen MR) is 72.2 cm³/mol. The molecule has 0 bridgehead atoms. The third kappa shape index (κ3) is 3.20. The van der Waals surface area contributed by atoms with Gasteiger partial charge in [0.15, 0.2) is 0 Å². The van der Waals surface area contributed by atoms with E-state index in [0.29, 0.717) is 23.5 Å². The SMILES string of the molecule is COC(=O)c1cnc(N2CCN[C@@H](C(C)C)C2)nc1. The van der Waals surface area contributed by atoms with Crippen molar-refractivity contribution < 1.29 is 9.53 Å². The van der Waals surface area contributed by atoms with E-state index < -0.39 is 5.97 Å². The minimum Gasteiger partial charge on any atom is -0.465 e. The van der Waals surface area contributed by atoms with Crippen molar-refractivity contribution in [1.29, 1.82) is 0 Å². The van der Waals surface area contributed by atoms with E-state index in [-0.39, 0.29) is 0 Å². The van der Waals surface area contributed by atoms with E-state index >= 15 is 0 Å². The molecule has 0 spiro atoms. The monoisotopic (exact) mass is 264 g/mol. The summed E-state index contributed by atoms with van der Waals surface area (Å²) in [4.78, 5) is 22.0. The van der Waals surface area contributed by atoms with E-state index in [0.717, 1.165) is 19.6 Å². The number of aromatic nitrogens is 2. The van der Waals surface area contributed by atoms with Gasteiger partial charge in [-0.05, 0) is 5.92 Å². The highest BCUT2D eigenvalue weighted by Crippen LogP contribution is 2.14. The van der Waals surface area contributed by atoms with E-state index in [1.165, 1.54) is 19.5 Å². The van der Waals surface area contributed by atoms with Crippen LogP contribution in [-0.2, 0) is 4.74 Å². The summed E-state index contributed by atoms with van der Waals surface area (Å²) in [6.07, 6.45) is 3.03. The summed E-state index contributed by atoms with van der Waals surface area (Å²) in [5.74, 6) is 0.823. The number of piperazine rings is 1. The number of methoxy groups -OCH3 is 1. The Balaban J connectivity index is 2.07. The molecule has 6 nitrogen and oxygen atoms in total. The standard InChI is InChI=1S/C13H20N4O2/c1-9(2)11-8-17(5-4-14-11)13-15-6-10(7-16-13)12(18)19-3/h6-7,9,11,14H,4-5,8H2,1-3H3/t11-/m1/s1. The Labute approximate surface area is 113 Å². The molecular formula is C13H20N4O2. The highest BCUT2D eigenvalue weighted by molar-refractivity contribution is 5.88. The van der Waals surface area contributed by atoms with Gasteiger partial charge in [0.05, 0.1) is 12.7 Å². The lowest BCUT2D eigenvalue weighted by Gasteiger charge is -2.35. The third-order valence-corrected chi connectivity index (χ3v) is 3.35. The van der Waals surface area contributed by atoms with Gasteiger partial charge in [0.2, 0.25) is 5.95 Å². The van der Waals surface area contributed by atoms with Gasteiger partial charge in [0.25, 0.3) is 0 Å². The fourth-order valence-electron chi connectivity index (χ4n) is 2.11. The van der Waals surface area contributed by atoms with E-state index in [9.17, 15) is 4.79 Å². The van der Waals surface area contributed by atoms with Crippen molar-refractivity contribution in [2.45, 2.75) is 19.9 Å². The molecule has 6 heteroatoms. The zero-order valence-corrected chi connectivity index (χ0v) is 11.6. The lowest BCUT2D eigenvalue weighted by molar-refractivity contribution is 0.0600. The van der Waals surface area contributed by atoms with Crippen LogP contribution in [0.15, 0.2) is 12.4 Å². The molecule has 1 N–H and O–H groups in total. The zero-order chi connectivity index (χ0) is 13.8. The number of nitrogens with one attached hydrogen (secondary N) is 1. The number of carbonyl (C=O) groups excluding carboxylic acids is 1. The Bertz CT molecular complexity index is 433. The summed E-state index contributed by atoms with van der Waals surface area (Å²) in [6.45, 7) is 7.08. The Hall–Kier alpha value is -1.69. The van der Waals surface area contributed by atoms with Crippen LogP contribution in [0.3, 0.4) is 0 Å². The molecule has 1 aromatic rings. The van der Waals surface area contributed by atoms with Crippen molar-refractivity contribution >= 4 is 11.9 Å². The van der Waals surface area contributed by atoms with Crippen LogP contribution in [0.25, 0.3) is 0 Å². The fraction of sp³-hybridized carbons (Fsp3) is 0.615. The molecule has 2 heterocycles. The number of nitrogens with zero attached hydrogens (tertiary/aromatic N) is 3. The highest BCUT2D eigenvalue weighted by atomic mass is 16.5.